The van der Waals surface area contributed by atoms with Gasteiger partial charge in [-0.2, -0.15) is 10.1 Å². The monoisotopic (exact) mass is 372 g/mol. The molecule has 2 aliphatic rings. The van der Waals surface area contributed by atoms with Gasteiger partial charge < -0.3 is 15.2 Å². The average Bonchev–Trinajstić information content (AvgIpc) is 3.04. The number of carbonyl (C=O) groups is 1. The zero-order chi connectivity index (χ0) is 19.0. The molecule has 0 aromatic carbocycles. The number of hydrogen-bond acceptors (Lipinski definition) is 5. The van der Waals surface area contributed by atoms with Crippen molar-refractivity contribution in [2.24, 2.45) is 5.92 Å². The van der Waals surface area contributed by atoms with Crippen molar-refractivity contribution in [3.63, 3.8) is 0 Å². The first-order valence-electron chi connectivity index (χ1n) is 9.94. The largest absolute Gasteiger partial charge is 0.339 e. The van der Waals surface area contributed by atoms with Gasteiger partial charge in [-0.05, 0) is 38.5 Å². The van der Waals surface area contributed by atoms with Gasteiger partial charge >= 0.3 is 6.03 Å². The molecule has 0 radical (unpaired) electrons. The van der Waals surface area contributed by atoms with Crippen LogP contribution >= 0.6 is 0 Å². The molecule has 1 unspecified atom stereocenters. The van der Waals surface area contributed by atoms with Crippen molar-refractivity contribution in [3.05, 3.63) is 24.1 Å². The number of nitrogens with zero attached hydrogens (tertiary/aromatic N) is 4. The summed E-state index contributed by atoms with van der Waals surface area (Å²) in [4.78, 5) is 17.2. The van der Waals surface area contributed by atoms with Crippen LogP contribution in [0.5, 0.6) is 0 Å². The van der Waals surface area contributed by atoms with E-state index in [2.05, 4.69) is 32.8 Å². The van der Waals surface area contributed by atoms with Crippen LogP contribution in [0.2, 0.25) is 0 Å². The van der Waals surface area contributed by atoms with Gasteiger partial charge in [0.1, 0.15) is 5.54 Å². The summed E-state index contributed by atoms with van der Waals surface area (Å²) in [5, 5.41) is 14.6. The van der Waals surface area contributed by atoms with E-state index in [1.165, 1.54) is 12.8 Å². The molecule has 8 nitrogen and oxygen atoms in total. The highest BCUT2D eigenvalue weighted by Crippen LogP contribution is 2.39. The SMILES string of the molecule is CC(C)c1nc(C2(NC(=O)Nc3cnn(C(C)C4CC4)c3)CCCC2)no1. The number of urea groups is 1. The van der Waals surface area contributed by atoms with Crippen molar-refractivity contribution in [1.82, 2.24) is 25.2 Å². The van der Waals surface area contributed by atoms with E-state index in [0.717, 1.165) is 25.7 Å². The molecule has 2 saturated carbocycles. The fourth-order valence-electron chi connectivity index (χ4n) is 3.85. The van der Waals surface area contributed by atoms with Gasteiger partial charge in [0.15, 0.2) is 5.82 Å². The molecule has 2 amide bonds. The van der Waals surface area contributed by atoms with Gasteiger partial charge in [-0.3, -0.25) is 4.68 Å². The van der Waals surface area contributed by atoms with Crippen molar-refractivity contribution >= 4 is 11.7 Å². The van der Waals surface area contributed by atoms with Crippen LogP contribution in [0.4, 0.5) is 10.5 Å². The minimum Gasteiger partial charge on any atom is -0.339 e. The lowest BCUT2D eigenvalue weighted by molar-refractivity contribution is 0.232. The topological polar surface area (TPSA) is 97.9 Å². The van der Waals surface area contributed by atoms with E-state index in [0.29, 0.717) is 29.4 Å². The van der Waals surface area contributed by atoms with Crippen LogP contribution in [0, 0.1) is 5.92 Å². The Bertz CT molecular complexity index is 801. The predicted octanol–water partition coefficient (Wildman–Crippen LogP) is 3.95. The van der Waals surface area contributed by atoms with Crippen molar-refractivity contribution < 1.29 is 9.32 Å². The van der Waals surface area contributed by atoms with Crippen molar-refractivity contribution in [1.29, 1.82) is 0 Å². The van der Waals surface area contributed by atoms with Crippen molar-refractivity contribution in [2.75, 3.05) is 5.32 Å². The number of anilines is 1. The Morgan fingerprint density at radius 1 is 1.30 bits per heavy atom. The van der Waals surface area contributed by atoms with E-state index in [1.807, 2.05) is 24.7 Å². The second kappa shape index (κ2) is 6.98. The molecule has 4 rings (SSSR count). The lowest BCUT2D eigenvalue weighted by Gasteiger charge is -2.26. The molecule has 2 fully saturated rings. The smallest absolute Gasteiger partial charge is 0.320 e. The van der Waals surface area contributed by atoms with Crippen LogP contribution in [0.25, 0.3) is 0 Å². The number of aromatic nitrogens is 4. The molecular weight excluding hydrogens is 344 g/mol. The minimum absolute atomic E-state index is 0.165. The second-order valence-electron chi connectivity index (χ2n) is 8.27. The van der Waals surface area contributed by atoms with Gasteiger partial charge in [-0.15, -0.1) is 0 Å². The maximum absolute atomic E-state index is 12.7. The third-order valence-corrected chi connectivity index (χ3v) is 5.75. The first-order valence-corrected chi connectivity index (χ1v) is 9.94. The first kappa shape index (κ1) is 18.0. The summed E-state index contributed by atoms with van der Waals surface area (Å²) in [6.07, 6.45) is 9.81. The van der Waals surface area contributed by atoms with Crippen LogP contribution < -0.4 is 10.6 Å². The summed E-state index contributed by atoms with van der Waals surface area (Å²) in [5.74, 6) is 2.06. The van der Waals surface area contributed by atoms with Crippen molar-refractivity contribution in [3.8, 4) is 0 Å². The number of amides is 2. The van der Waals surface area contributed by atoms with E-state index >= 15 is 0 Å². The molecule has 0 bridgehead atoms. The molecule has 1 atom stereocenters. The van der Waals surface area contributed by atoms with Gasteiger partial charge in [-0.25, -0.2) is 4.79 Å². The quantitative estimate of drug-likeness (QED) is 0.800. The summed E-state index contributed by atoms with van der Waals surface area (Å²) in [7, 11) is 0. The molecule has 146 valence electrons. The Hall–Kier alpha value is -2.38. The molecule has 2 N–H and O–H groups in total. The van der Waals surface area contributed by atoms with Crippen LogP contribution in [-0.2, 0) is 5.54 Å². The molecule has 2 heterocycles. The summed E-state index contributed by atoms with van der Waals surface area (Å²) >= 11 is 0. The van der Waals surface area contributed by atoms with Gasteiger partial charge in [-0.1, -0.05) is 31.8 Å². The van der Waals surface area contributed by atoms with Crippen LogP contribution in [-0.4, -0.2) is 26.0 Å². The van der Waals surface area contributed by atoms with Crippen molar-refractivity contribution in [2.45, 2.75) is 76.8 Å². The molecule has 2 aromatic rings. The fourth-order valence-corrected chi connectivity index (χ4v) is 3.85. The Morgan fingerprint density at radius 2 is 2.04 bits per heavy atom. The Morgan fingerprint density at radius 3 is 2.67 bits per heavy atom. The molecule has 8 heteroatoms. The summed E-state index contributed by atoms with van der Waals surface area (Å²) in [6, 6.07) is 0.116. The lowest BCUT2D eigenvalue weighted by Crippen LogP contribution is -2.46. The van der Waals surface area contributed by atoms with E-state index in [4.69, 9.17) is 4.52 Å². The number of nitrogens with one attached hydrogen (secondary N) is 2. The van der Waals surface area contributed by atoms with Crippen LogP contribution in [0.3, 0.4) is 0 Å². The van der Waals surface area contributed by atoms with Crippen LogP contribution in [0.1, 0.15) is 83.0 Å². The Kier molecular flexibility index (Phi) is 4.65. The first-order chi connectivity index (χ1) is 13.0. The third-order valence-electron chi connectivity index (χ3n) is 5.75. The highest BCUT2D eigenvalue weighted by atomic mass is 16.5. The number of hydrogen-bond donors (Lipinski definition) is 2. The van der Waals surface area contributed by atoms with E-state index < -0.39 is 5.54 Å². The summed E-state index contributed by atoms with van der Waals surface area (Å²) in [6.45, 7) is 6.20. The number of carbonyl (C=O) groups excluding carboxylic acids is 1. The Labute approximate surface area is 159 Å². The molecule has 0 spiro atoms. The molecule has 0 aliphatic heterocycles. The maximum atomic E-state index is 12.7. The normalized spacial score (nSPS) is 20.0. The zero-order valence-electron chi connectivity index (χ0n) is 16.2. The van der Waals surface area contributed by atoms with Crippen LogP contribution in [0.15, 0.2) is 16.9 Å². The molecule has 2 aliphatic carbocycles. The highest BCUT2D eigenvalue weighted by Gasteiger charge is 2.41. The average molecular weight is 372 g/mol. The third kappa shape index (κ3) is 3.70. The molecule has 0 saturated heterocycles. The number of rotatable bonds is 6. The zero-order valence-corrected chi connectivity index (χ0v) is 16.2. The lowest BCUT2D eigenvalue weighted by atomic mass is 9.97. The van der Waals surface area contributed by atoms with E-state index in [1.54, 1.807) is 6.20 Å². The molecule has 2 aromatic heterocycles. The summed E-state index contributed by atoms with van der Waals surface area (Å²) in [5.41, 5.74) is 0.141. The Balaban J connectivity index is 1.44. The van der Waals surface area contributed by atoms with E-state index in [-0.39, 0.29) is 11.9 Å². The van der Waals surface area contributed by atoms with E-state index in [9.17, 15) is 4.79 Å². The highest BCUT2D eigenvalue weighted by molar-refractivity contribution is 5.89. The molecular formula is C19H28N6O2. The summed E-state index contributed by atoms with van der Waals surface area (Å²) < 4.78 is 7.31. The van der Waals surface area contributed by atoms with Gasteiger partial charge in [0, 0.05) is 12.1 Å². The minimum atomic E-state index is -0.558. The van der Waals surface area contributed by atoms with Gasteiger partial charge in [0.05, 0.1) is 17.9 Å². The predicted molar refractivity (Wildman–Crippen MR) is 100 cm³/mol. The van der Waals surface area contributed by atoms with Gasteiger partial charge in [0.2, 0.25) is 5.89 Å². The van der Waals surface area contributed by atoms with Gasteiger partial charge in [0.25, 0.3) is 0 Å². The standard InChI is InChI=1S/C19H28N6O2/c1-12(2)16-22-17(24-27-16)19(8-4-5-9-19)23-18(26)21-15-10-20-25(11-15)13(3)14-6-7-14/h10-14H,4-9H2,1-3H3,(H2,21,23,26). The molecule has 27 heavy (non-hydrogen) atoms. The maximum Gasteiger partial charge on any atom is 0.320 e. The second-order valence-corrected chi connectivity index (χ2v) is 8.27. The fraction of sp³-hybridized carbons (Fsp3) is 0.684.